The van der Waals surface area contributed by atoms with Crippen LogP contribution >= 0.6 is 0 Å². The van der Waals surface area contributed by atoms with Gasteiger partial charge < -0.3 is 14.0 Å². The fourth-order valence-electron chi connectivity index (χ4n) is 2.45. The quantitative estimate of drug-likeness (QED) is 0.795. The average molecular weight is 285 g/mol. The van der Waals surface area contributed by atoms with E-state index in [0.717, 1.165) is 16.4 Å². The number of ether oxygens (including phenoxy) is 1. The van der Waals surface area contributed by atoms with Crippen LogP contribution in [0.4, 0.5) is 0 Å². The van der Waals surface area contributed by atoms with Gasteiger partial charge in [0.2, 0.25) is 5.88 Å². The van der Waals surface area contributed by atoms with Crippen molar-refractivity contribution in [2.24, 2.45) is 0 Å². The first-order chi connectivity index (χ1) is 9.84. The Kier molecular flexibility index (Phi) is 3.22. The Morgan fingerprint density at radius 2 is 1.67 bits per heavy atom. The lowest BCUT2D eigenvalue weighted by molar-refractivity contribution is 0.00578. The summed E-state index contributed by atoms with van der Waals surface area (Å²) in [5.74, 6) is 0.568. The van der Waals surface area contributed by atoms with E-state index < -0.39 is 7.12 Å². The minimum absolute atomic E-state index is 0.366. The van der Waals surface area contributed by atoms with Gasteiger partial charge in [0.05, 0.1) is 23.8 Å². The maximum absolute atomic E-state index is 6.15. The van der Waals surface area contributed by atoms with Gasteiger partial charge in [0.15, 0.2) is 0 Å². The molecule has 0 bridgehead atoms. The van der Waals surface area contributed by atoms with Gasteiger partial charge in [-0.25, -0.2) is 4.98 Å². The van der Waals surface area contributed by atoms with E-state index in [0.29, 0.717) is 5.88 Å². The van der Waals surface area contributed by atoms with Crippen molar-refractivity contribution in [1.29, 1.82) is 0 Å². The van der Waals surface area contributed by atoms with E-state index in [2.05, 4.69) is 4.98 Å². The molecule has 0 aliphatic carbocycles. The number of pyridine rings is 1. The number of aromatic nitrogens is 1. The molecule has 3 rings (SSSR count). The first-order valence-corrected chi connectivity index (χ1v) is 7.13. The molecule has 1 fully saturated rings. The smallest absolute Gasteiger partial charge is 0.481 e. The lowest BCUT2D eigenvalue weighted by atomic mass is 9.77. The summed E-state index contributed by atoms with van der Waals surface area (Å²) >= 11 is 0. The molecule has 1 aliphatic rings. The number of methoxy groups -OCH3 is 1. The summed E-state index contributed by atoms with van der Waals surface area (Å²) < 4.78 is 17.6. The molecule has 0 N–H and O–H groups in total. The van der Waals surface area contributed by atoms with Crippen LogP contribution in [0.25, 0.3) is 10.9 Å². The van der Waals surface area contributed by atoms with Crippen LogP contribution in [0.15, 0.2) is 30.3 Å². The number of rotatable bonds is 2. The summed E-state index contributed by atoms with van der Waals surface area (Å²) in [5.41, 5.74) is 1.10. The molecule has 1 aromatic heterocycles. The van der Waals surface area contributed by atoms with Crippen molar-refractivity contribution in [2.45, 2.75) is 38.9 Å². The molecule has 0 unspecified atom stereocenters. The molecule has 2 aromatic rings. The summed E-state index contributed by atoms with van der Waals surface area (Å²) in [6, 6.07) is 9.84. The lowest BCUT2D eigenvalue weighted by Gasteiger charge is -2.32. The predicted octanol–water partition coefficient (Wildman–Crippen LogP) is 2.54. The normalized spacial score (nSPS) is 20.0. The van der Waals surface area contributed by atoms with Crippen molar-refractivity contribution in [3.8, 4) is 5.88 Å². The van der Waals surface area contributed by atoms with Gasteiger partial charge in [-0.05, 0) is 39.2 Å². The van der Waals surface area contributed by atoms with Crippen LogP contribution in [0.1, 0.15) is 27.7 Å². The fraction of sp³-hybridized carbons (Fsp3) is 0.438. The first-order valence-electron chi connectivity index (χ1n) is 7.13. The number of nitrogens with zero attached hydrogens (tertiary/aromatic N) is 1. The standard InChI is InChI=1S/C16H20BNO3/c1-15(2)16(3,4)21-17(20-15)12-10-14(19-5)18-13-9-7-6-8-11(12)13/h6-10H,1-5H3. The second-order valence-corrected chi connectivity index (χ2v) is 6.36. The molecule has 1 saturated heterocycles. The van der Waals surface area contributed by atoms with E-state index in [1.807, 2.05) is 58.0 Å². The van der Waals surface area contributed by atoms with Crippen LogP contribution in [-0.4, -0.2) is 30.4 Å². The summed E-state index contributed by atoms with van der Waals surface area (Å²) in [5, 5.41) is 1.02. The molecule has 1 aliphatic heterocycles. The third-order valence-corrected chi connectivity index (χ3v) is 4.44. The van der Waals surface area contributed by atoms with E-state index >= 15 is 0 Å². The van der Waals surface area contributed by atoms with Crippen molar-refractivity contribution in [2.75, 3.05) is 7.11 Å². The number of para-hydroxylation sites is 1. The number of hydrogen-bond acceptors (Lipinski definition) is 4. The van der Waals surface area contributed by atoms with Gasteiger partial charge in [-0.3, -0.25) is 0 Å². The summed E-state index contributed by atoms with van der Waals surface area (Å²) in [4.78, 5) is 4.47. The molecular weight excluding hydrogens is 265 g/mol. The number of benzene rings is 1. The predicted molar refractivity (Wildman–Crippen MR) is 84.0 cm³/mol. The number of hydrogen-bond donors (Lipinski definition) is 0. The van der Waals surface area contributed by atoms with Crippen molar-refractivity contribution in [3.63, 3.8) is 0 Å². The lowest BCUT2D eigenvalue weighted by Crippen LogP contribution is -2.41. The van der Waals surface area contributed by atoms with Crippen LogP contribution in [-0.2, 0) is 9.31 Å². The molecule has 2 heterocycles. The van der Waals surface area contributed by atoms with Crippen LogP contribution in [0.2, 0.25) is 0 Å². The maximum Gasteiger partial charge on any atom is 0.495 e. The highest BCUT2D eigenvalue weighted by molar-refractivity contribution is 6.65. The highest BCUT2D eigenvalue weighted by atomic mass is 16.7. The summed E-state index contributed by atoms with van der Waals surface area (Å²) in [6.45, 7) is 8.20. The highest BCUT2D eigenvalue weighted by Gasteiger charge is 2.52. The van der Waals surface area contributed by atoms with Crippen molar-refractivity contribution in [1.82, 2.24) is 4.98 Å². The Morgan fingerprint density at radius 1 is 1.05 bits per heavy atom. The number of fused-ring (bicyclic) bond motifs is 1. The molecule has 110 valence electrons. The highest BCUT2D eigenvalue weighted by Crippen LogP contribution is 2.37. The van der Waals surface area contributed by atoms with Gasteiger partial charge in [0.1, 0.15) is 0 Å². The van der Waals surface area contributed by atoms with Gasteiger partial charge in [0.25, 0.3) is 0 Å². The van der Waals surface area contributed by atoms with Crippen molar-refractivity contribution in [3.05, 3.63) is 30.3 Å². The van der Waals surface area contributed by atoms with Crippen LogP contribution in [0.3, 0.4) is 0 Å². The minimum Gasteiger partial charge on any atom is -0.481 e. The minimum atomic E-state index is -0.420. The average Bonchev–Trinajstić information content (AvgIpc) is 2.66. The van der Waals surface area contributed by atoms with E-state index in [1.165, 1.54) is 0 Å². The summed E-state index contributed by atoms with van der Waals surface area (Å²) in [7, 11) is 1.20. The largest absolute Gasteiger partial charge is 0.495 e. The van der Waals surface area contributed by atoms with Gasteiger partial charge in [-0.1, -0.05) is 18.2 Å². The second kappa shape index (κ2) is 4.72. The molecule has 1 aromatic carbocycles. The third-order valence-electron chi connectivity index (χ3n) is 4.44. The third kappa shape index (κ3) is 2.30. The SMILES string of the molecule is COc1cc(B2OC(C)(C)C(C)(C)O2)c2ccccc2n1. The zero-order valence-corrected chi connectivity index (χ0v) is 13.1. The van der Waals surface area contributed by atoms with E-state index in [-0.39, 0.29) is 11.2 Å². The van der Waals surface area contributed by atoms with Gasteiger partial charge in [-0.2, -0.15) is 0 Å². The zero-order chi connectivity index (χ0) is 15.3. The van der Waals surface area contributed by atoms with Crippen LogP contribution < -0.4 is 10.2 Å². The molecule has 0 saturated carbocycles. The summed E-state index contributed by atoms with van der Waals surface area (Å²) in [6.07, 6.45) is 0. The Labute approximate surface area is 125 Å². The zero-order valence-electron chi connectivity index (χ0n) is 13.1. The molecule has 0 atom stereocenters. The Bertz CT molecular complexity index is 668. The maximum atomic E-state index is 6.15. The van der Waals surface area contributed by atoms with Gasteiger partial charge in [-0.15, -0.1) is 0 Å². The molecule has 0 spiro atoms. The van der Waals surface area contributed by atoms with E-state index in [9.17, 15) is 0 Å². The first kappa shape index (κ1) is 14.4. The molecular formula is C16H20BNO3. The topological polar surface area (TPSA) is 40.6 Å². The van der Waals surface area contributed by atoms with Gasteiger partial charge in [0, 0.05) is 11.5 Å². The fourth-order valence-corrected chi connectivity index (χ4v) is 2.45. The van der Waals surface area contributed by atoms with E-state index in [1.54, 1.807) is 7.11 Å². The van der Waals surface area contributed by atoms with Crippen molar-refractivity contribution < 1.29 is 14.0 Å². The molecule has 4 nitrogen and oxygen atoms in total. The molecule has 5 heteroatoms. The van der Waals surface area contributed by atoms with Gasteiger partial charge >= 0.3 is 7.12 Å². The monoisotopic (exact) mass is 285 g/mol. The Morgan fingerprint density at radius 3 is 2.29 bits per heavy atom. The Balaban J connectivity index is 2.13. The molecule has 0 radical (unpaired) electrons. The van der Waals surface area contributed by atoms with Crippen LogP contribution in [0.5, 0.6) is 5.88 Å². The van der Waals surface area contributed by atoms with Crippen molar-refractivity contribution >= 4 is 23.5 Å². The van der Waals surface area contributed by atoms with Crippen LogP contribution in [0, 0.1) is 0 Å². The van der Waals surface area contributed by atoms with E-state index in [4.69, 9.17) is 14.0 Å². The second-order valence-electron chi connectivity index (χ2n) is 6.36. The molecule has 0 amide bonds. The molecule has 21 heavy (non-hydrogen) atoms. The Hall–Kier alpha value is -1.59.